The number of aromatic nitrogens is 2. The maximum absolute atomic E-state index is 14.0. The van der Waals surface area contributed by atoms with Crippen molar-refractivity contribution in [2.45, 2.75) is 38.5 Å². The molecule has 4 bridgehead atoms. The SMILES string of the molecule is CN(CC12CC3CC(CC(C3)C1)C2)C(=O)c1ccn(-c2ccccc2F)n1. The van der Waals surface area contributed by atoms with Gasteiger partial charge in [0.05, 0.1) is 0 Å². The van der Waals surface area contributed by atoms with Crippen LogP contribution in [0, 0.1) is 29.0 Å². The second-order valence-corrected chi connectivity index (χ2v) is 9.18. The summed E-state index contributed by atoms with van der Waals surface area (Å²) in [4.78, 5) is 14.8. The predicted octanol–water partition coefficient (Wildman–Crippen LogP) is 4.30. The molecule has 0 aliphatic heterocycles. The Morgan fingerprint density at radius 2 is 1.78 bits per heavy atom. The number of halogens is 1. The fraction of sp³-hybridized carbons (Fsp3) is 0.545. The average Bonchev–Trinajstić information content (AvgIpc) is 3.09. The second-order valence-electron chi connectivity index (χ2n) is 9.18. The predicted molar refractivity (Wildman–Crippen MR) is 101 cm³/mol. The van der Waals surface area contributed by atoms with E-state index in [1.54, 1.807) is 30.5 Å². The molecule has 1 amide bonds. The topological polar surface area (TPSA) is 38.1 Å². The van der Waals surface area contributed by atoms with Crippen LogP contribution in [0.15, 0.2) is 36.5 Å². The van der Waals surface area contributed by atoms with Gasteiger partial charge in [-0.15, -0.1) is 0 Å². The van der Waals surface area contributed by atoms with Crippen molar-refractivity contribution in [3.63, 3.8) is 0 Å². The Kier molecular flexibility index (Phi) is 3.88. The van der Waals surface area contributed by atoms with E-state index in [0.29, 0.717) is 16.8 Å². The smallest absolute Gasteiger partial charge is 0.274 e. The first-order valence-electron chi connectivity index (χ1n) is 10.1. The Morgan fingerprint density at radius 3 is 2.41 bits per heavy atom. The van der Waals surface area contributed by atoms with E-state index < -0.39 is 0 Å². The minimum atomic E-state index is -0.346. The van der Waals surface area contributed by atoms with Crippen LogP contribution < -0.4 is 0 Å². The first kappa shape index (κ1) is 17.0. The highest BCUT2D eigenvalue weighted by atomic mass is 19.1. The highest BCUT2D eigenvalue weighted by molar-refractivity contribution is 5.92. The van der Waals surface area contributed by atoms with E-state index in [2.05, 4.69) is 5.10 Å². The van der Waals surface area contributed by atoms with Gasteiger partial charge in [0, 0.05) is 19.8 Å². The van der Waals surface area contributed by atoms with Crippen LogP contribution in [0.25, 0.3) is 5.69 Å². The molecule has 0 atom stereocenters. The maximum Gasteiger partial charge on any atom is 0.274 e. The molecule has 6 rings (SSSR count). The Morgan fingerprint density at radius 1 is 1.15 bits per heavy atom. The minimum absolute atomic E-state index is 0.0687. The van der Waals surface area contributed by atoms with Crippen molar-refractivity contribution in [3.8, 4) is 5.69 Å². The number of nitrogens with zero attached hydrogens (tertiary/aromatic N) is 3. The molecule has 142 valence electrons. The van der Waals surface area contributed by atoms with Crippen LogP contribution in [0.2, 0.25) is 0 Å². The third-order valence-corrected chi connectivity index (χ3v) is 6.99. The molecule has 2 aromatic rings. The van der Waals surface area contributed by atoms with Gasteiger partial charge in [-0.2, -0.15) is 5.10 Å². The van der Waals surface area contributed by atoms with Crippen LogP contribution >= 0.6 is 0 Å². The van der Waals surface area contributed by atoms with Crippen molar-refractivity contribution in [2.75, 3.05) is 13.6 Å². The molecule has 1 aromatic carbocycles. The summed E-state index contributed by atoms with van der Waals surface area (Å²) in [5.74, 6) is 2.21. The van der Waals surface area contributed by atoms with E-state index in [-0.39, 0.29) is 11.7 Å². The number of amides is 1. The van der Waals surface area contributed by atoms with Gasteiger partial charge in [0.15, 0.2) is 5.69 Å². The summed E-state index contributed by atoms with van der Waals surface area (Å²) in [5, 5.41) is 4.34. The zero-order chi connectivity index (χ0) is 18.6. The van der Waals surface area contributed by atoms with E-state index in [9.17, 15) is 9.18 Å². The molecule has 0 N–H and O–H groups in total. The van der Waals surface area contributed by atoms with E-state index in [1.165, 1.54) is 49.3 Å². The summed E-state index contributed by atoms with van der Waals surface area (Å²) in [6.45, 7) is 0.821. The van der Waals surface area contributed by atoms with Gasteiger partial charge in [0.2, 0.25) is 0 Å². The monoisotopic (exact) mass is 367 g/mol. The van der Waals surface area contributed by atoms with Crippen LogP contribution in [0.5, 0.6) is 0 Å². The summed E-state index contributed by atoms with van der Waals surface area (Å²) in [6, 6.07) is 8.16. The lowest BCUT2D eigenvalue weighted by molar-refractivity contribution is -0.0629. The summed E-state index contributed by atoms with van der Waals surface area (Å²) in [6.07, 6.45) is 9.71. The Bertz CT molecular complexity index is 839. The molecule has 27 heavy (non-hydrogen) atoms. The Balaban J connectivity index is 1.32. The molecule has 0 unspecified atom stereocenters. The fourth-order valence-electron chi connectivity index (χ4n) is 6.46. The summed E-state index contributed by atoms with van der Waals surface area (Å²) < 4.78 is 15.4. The molecule has 4 saturated carbocycles. The number of carbonyl (C=O) groups is 1. The first-order valence-corrected chi connectivity index (χ1v) is 10.1. The van der Waals surface area contributed by atoms with Gasteiger partial charge in [-0.25, -0.2) is 9.07 Å². The maximum atomic E-state index is 14.0. The van der Waals surface area contributed by atoms with Crippen LogP contribution in [0.1, 0.15) is 49.0 Å². The molecule has 0 saturated heterocycles. The molecule has 0 spiro atoms. The average molecular weight is 367 g/mol. The van der Waals surface area contributed by atoms with Crippen LogP contribution in [0.3, 0.4) is 0 Å². The van der Waals surface area contributed by atoms with Gasteiger partial charge >= 0.3 is 0 Å². The lowest BCUT2D eigenvalue weighted by atomic mass is 9.49. The minimum Gasteiger partial charge on any atom is -0.340 e. The molecular weight excluding hydrogens is 341 g/mol. The van der Waals surface area contributed by atoms with Gasteiger partial charge in [0.1, 0.15) is 11.5 Å². The van der Waals surface area contributed by atoms with Crippen LogP contribution in [0.4, 0.5) is 4.39 Å². The fourth-order valence-corrected chi connectivity index (χ4v) is 6.46. The molecule has 4 aliphatic rings. The Hall–Kier alpha value is -2.17. The number of carbonyl (C=O) groups excluding carboxylic acids is 1. The summed E-state index contributed by atoms with van der Waals surface area (Å²) in [5.41, 5.74) is 1.05. The van der Waals surface area contributed by atoms with Gasteiger partial charge in [-0.1, -0.05) is 12.1 Å². The molecular formula is C22H26FN3O. The normalized spacial score (nSPS) is 31.3. The second kappa shape index (κ2) is 6.18. The molecule has 5 heteroatoms. The van der Waals surface area contributed by atoms with Gasteiger partial charge < -0.3 is 4.90 Å². The number of hydrogen-bond donors (Lipinski definition) is 0. The van der Waals surface area contributed by atoms with E-state index in [4.69, 9.17) is 0 Å². The summed E-state index contributed by atoms with van der Waals surface area (Å²) in [7, 11) is 1.89. The van der Waals surface area contributed by atoms with Crippen molar-refractivity contribution in [2.24, 2.45) is 23.2 Å². The molecule has 0 radical (unpaired) electrons. The molecule has 4 nitrogen and oxygen atoms in total. The zero-order valence-electron chi connectivity index (χ0n) is 15.8. The van der Waals surface area contributed by atoms with Crippen LogP contribution in [-0.2, 0) is 0 Å². The van der Waals surface area contributed by atoms with Crippen molar-refractivity contribution in [1.29, 1.82) is 0 Å². The molecule has 4 fully saturated rings. The standard InChI is InChI=1S/C22H26FN3O/c1-25(14-22-11-15-8-16(12-22)10-17(9-15)13-22)21(27)19-6-7-26(24-19)20-5-3-2-4-18(20)23/h2-7,15-17H,8-14H2,1H3. The molecule has 1 aromatic heterocycles. The first-order chi connectivity index (χ1) is 13.0. The van der Waals surface area contributed by atoms with Crippen LogP contribution in [-0.4, -0.2) is 34.2 Å². The highest BCUT2D eigenvalue weighted by Crippen LogP contribution is 2.60. The number of para-hydroxylation sites is 1. The van der Waals surface area contributed by atoms with E-state index >= 15 is 0 Å². The number of benzene rings is 1. The van der Waals surface area contributed by atoms with E-state index in [0.717, 1.165) is 24.3 Å². The quantitative estimate of drug-likeness (QED) is 0.808. The highest BCUT2D eigenvalue weighted by Gasteiger charge is 2.51. The number of rotatable bonds is 4. The van der Waals surface area contributed by atoms with Gasteiger partial charge in [0.25, 0.3) is 5.91 Å². The lowest BCUT2D eigenvalue weighted by Gasteiger charge is -2.57. The van der Waals surface area contributed by atoms with Crippen molar-refractivity contribution >= 4 is 5.91 Å². The zero-order valence-corrected chi connectivity index (χ0v) is 15.8. The third-order valence-electron chi connectivity index (χ3n) is 6.99. The third kappa shape index (κ3) is 2.97. The van der Waals surface area contributed by atoms with Crippen molar-refractivity contribution < 1.29 is 9.18 Å². The molecule has 4 aliphatic carbocycles. The van der Waals surface area contributed by atoms with Gasteiger partial charge in [-0.3, -0.25) is 4.79 Å². The summed E-state index contributed by atoms with van der Waals surface area (Å²) >= 11 is 0. The number of hydrogen-bond acceptors (Lipinski definition) is 2. The largest absolute Gasteiger partial charge is 0.340 e. The lowest BCUT2D eigenvalue weighted by Crippen LogP contribution is -2.51. The van der Waals surface area contributed by atoms with Crippen molar-refractivity contribution in [1.82, 2.24) is 14.7 Å². The van der Waals surface area contributed by atoms with Crippen molar-refractivity contribution in [3.05, 3.63) is 48.0 Å². The Labute approximate surface area is 159 Å². The molecule has 1 heterocycles. The van der Waals surface area contributed by atoms with Gasteiger partial charge in [-0.05, 0) is 79.9 Å². The van der Waals surface area contributed by atoms with E-state index in [1.807, 2.05) is 11.9 Å².